The van der Waals surface area contributed by atoms with Crippen LogP contribution in [0.5, 0.6) is 0 Å². The van der Waals surface area contributed by atoms with Crippen molar-refractivity contribution < 1.29 is 14.6 Å². The molecule has 0 atom stereocenters. The first-order valence-corrected chi connectivity index (χ1v) is 6.51. The number of carboxylic acid groups (broad SMARTS) is 1. The maximum atomic E-state index is 10.7. The Morgan fingerprint density at radius 3 is 2.78 bits per heavy atom. The molecule has 1 aromatic heterocycles. The van der Waals surface area contributed by atoms with Gasteiger partial charge in [0.1, 0.15) is 5.69 Å². The largest absolute Gasteiger partial charge is 0.477 e. The van der Waals surface area contributed by atoms with Gasteiger partial charge in [0.05, 0.1) is 12.3 Å². The summed E-state index contributed by atoms with van der Waals surface area (Å²) < 4.78 is 5.48. The molecule has 0 unspecified atom stereocenters. The summed E-state index contributed by atoms with van der Waals surface area (Å²) in [4.78, 5) is 14.7. The monoisotopic (exact) mass is 251 g/mol. The van der Waals surface area contributed by atoms with Gasteiger partial charge in [0, 0.05) is 6.61 Å². The summed E-state index contributed by atoms with van der Waals surface area (Å²) in [6.07, 6.45) is 6.02. The molecule has 1 heterocycles. The van der Waals surface area contributed by atoms with Gasteiger partial charge >= 0.3 is 5.97 Å². The molecule has 1 N–H and O–H groups in total. The molecule has 0 aliphatic heterocycles. The summed E-state index contributed by atoms with van der Waals surface area (Å²) in [6, 6.07) is 4.95. The van der Waals surface area contributed by atoms with Crippen molar-refractivity contribution in [2.45, 2.75) is 45.6 Å². The number of unbranched alkanes of at least 4 members (excludes halogenated alkanes) is 4. The van der Waals surface area contributed by atoms with Crippen molar-refractivity contribution in [3.8, 4) is 0 Å². The van der Waals surface area contributed by atoms with E-state index in [4.69, 9.17) is 9.84 Å². The van der Waals surface area contributed by atoms with Crippen LogP contribution in [0.3, 0.4) is 0 Å². The summed E-state index contributed by atoms with van der Waals surface area (Å²) >= 11 is 0. The van der Waals surface area contributed by atoms with Gasteiger partial charge in [-0.15, -0.1) is 0 Å². The van der Waals surface area contributed by atoms with Gasteiger partial charge < -0.3 is 9.84 Å². The Bertz CT molecular complexity index is 366. The van der Waals surface area contributed by atoms with Crippen molar-refractivity contribution in [2.75, 3.05) is 6.61 Å². The number of rotatable bonds is 9. The number of pyridine rings is 1. The molecule has 4 nitrogen and oxygen atoms in total. The Balaban J connectivity index is 2.19. The first-order valence-electron chi connectivity index (χ1n) is 6.51. The van der Waals surface area contributed by atoms with E-state index >= 15 is 0 Å². The third-order valence-electron chi connectivity index (χ3n) is 2.67. The minimum atomic E-state index is -1.00. The standard InChI is InChI=1S/C14H21NO3/c1-2-3-4-5-6-10-18-11-12-8-7-9-13(15-12)14(16)17/h7-9H,2-6,10-11H2,1H3,(H,16,17). The fourth-order valence-corrected chi connectivity index (χ4v) is 1.66. The van der Waals surface area contributed by atoms with Crippen molar-refractivity contribution in [1.82, 2.24) is 4.98 Å². The van der Waals surface area contributed by atoms with E-state index in [-0.39, 0.29) is 5.69 Å². The highest BCUT2D eigenvalue weighted by molar-refractivity contribution is 5.85. The van der Waals surface area contributed by atoms with Crippen LogP contribution in [0.15, 0.2) is 18.2 Å². The van der Waals surface area contributed by atoms with E-state index in [0.29, 0.717) is 18.9 Å². The molecular weight excluding hydrogens is 230 g/mol. The minimum Gasteiger partial charge on any atom is -0.477 e. The number of carbonyl (C=O) groups is 1. The van der Waals surface area contributed by atoms with Gasteiger partial charge in [-0.1, -0.05) is 38.7 Å². The molecule has 0 saturated heterocycles. The molecule has 0 bridgehead atoms. The third kappa shape index (κ3) is 5.77. The van der Waals surface area contributed by atoms with Gasteiger partial charge in [-0.2, -0.15) is 0 Å². The highest BCUT2D eigenvalue weighted by Crippen LogP contribution is 2.05. The number of aromatic nitrogens is 1. The van der Waals surface area contributed by atoms with Gasteiger partial charge in [0.2, 0.25) is 0 Å². The molecule has 4 heteroatoms. The smallest absolute Gasteiger partial charge is 0.354 e. The molecule has 0 aliphatic carbocycles. The fourth-order valence-electron chi connectivity index (χ4n) is 1.66. The summed E-state index contributed by atoms with van der Waals surface area (Å²) in [5.41, 5.74) is 0.738. The Morgan fingerprint density at radius 1 is 1.28 bits per heavy atom. The normalized spacial score (nSPS) is 10.5. The van der Waals surface area contributed by atoms with Gasteiger partial charge in [0.25, 0.3) is 0 Å². The first kappa shape index (κ1) is 14.6. The molecule has 0 aliphatic rings. The Hall–Kier alpha value is -1.42. The molecule has 1 rings (SSSR count). The van der Waals surface area contributed by atoms with E-state index in [2.05, 4.69) is 11.9 Å². The highest BCUT2D eigenvalue weighted by Gasteiger charge is 2.04. The lowest BCUT2D eigenvalue weighted by Gasteiger charge is -2.04. The van der Waals surface area contributed by atoms with E-state index in [9.17, 15) is 4.79 Å². The van der Waals surface area contributed by atoms with Crippen LogP contribution in [0, 0.1) is 0 Å². The Morgan fingerprint density at radius 2 is 2.06 bits per heavy atom. The highest BCUT2D eigenvalue weighted by atomic mass is 16.5. The van der Waals surface area contributed by atoms with Crippen LogP contribution in [-0.4, -0.2) is 22.7 Å². The molecule has 0 fully saturated rings. The fraction of sp³-hybridized carbons (Fsp3) is 0.571. The summed E-state index contributed by atoms with van der Waals surface area (Å²) in [7, 11) is 0. The van der Waals surface area contributed by atoms with Gasteiger partial charge in [-0.25, -0.2) is 9.78 Å². The van der Waals surface area contributed by atoms with Crippen LogP contribution < -0.4 is 0 Å². The minimum absolute atomic E-state index is 0.0686. The molecule has 0 spiro atoms. The number of carboxylic acids is 1. The quantitative estimate of drug-likeness (QED) is 0.684. The number of nitrogens with zero attached hydrogens (tertiary/aromatic N) is 1. The lowest BCUT2D eigenvalue weighted by molar-refractivity contribution is 0.0688. The molecular formula is C14H21NO3. The topological polar surface area (TPSA) is 59.4 Å². The zero-order valence-electron chi connectivity index (χ0n) is 10.9. The second-order valence-corrected chi connectivity index (χ2v) is 4.29. The summed E-state index contributed by atoms with van der Waals surface area (Å²) in [6.45, 7) is 3.29. The van der Waals surface area contributed by atoms with Gasteiger partial charge in [0.15, 0.2) is 0 Å². The third-order valence-corrected chi connectivity index (χ3v) is 2.67. The predicted octanol–water partition coefficient (Wildman–Crippen LogP) is 3.27. The Kier molecular flexibility index (Phi) is 7.03. The summed E-state index contributed by atoms with van der Waals surface area (Å²) in [5.74, 6) is -1.00. The molecule has 18 heavy (non-hydrogen) atoms. The maximum absolute atomic E-state index is 10.7. The molecule has 100 valence electrons. The van der Waals surface area contributed by atoms with E-state index in [1.165, 1.54) is 31.7 Å². The van der Waals surface area contributed by atoms with Crippen molar-refractivity contribution in [3.63, 3.8) is 0 Å². The second-order valence-electron chi connectivity index (χ2n) is 4.29. The van der Waals surface area contributed by atoms with E-state index in [1.54, 1.807) is 12.1 Å². The average Bonchev–Trinajstić information content (AvgIpc) is 2.38. The van der Waals surface area contributed by atoms with Crippen LogP contribution >= 0.6 is 0 Å². The number of ether oxygens (including phenoxy) is 1. The van der Waals surface area contributed by atoms with Crippen molar-refractivity contribution in [1.29, 1.82) is 0 Å². The van der Waals surface area contributed by atoms with Crippen molar-refractivity contribution >= 4 is 5.97 Å². The van der Waals surface area contributed by atoms with Crippen LogP contribution in [0.1, 0.15) is 55.2 Å². The van der Waals surface area contributed by atoms with Crippen LogP contribution in [-0.2, 0) is 11.3 Å². The van der Waals surface area contributed by atoms with E-state index in [0.717, 1.165) is 6.42 Å². The Labute approximate surface area is 108 Å². The SMILES string of the molecule is CCCCCCCOCc1cccc(C(=O)O)n1. The van der Waals surface area contributed by atoms with E-state index < -0.39 is 5.97 Å². The first-order chi connectivity index (χ1) is 8.74. The molecule has 1 aromatic rings. The second kappa shape index (κ2) is 8.64. The number of aromatic carboxylic acids is 1. The summed E-state index contributed by atoms with van der Waals surface area (Å²) in [5, 5.41) is 8.80. The number of hydrogen-bond acceptors (Lipinski definition) is 3. The lowest BCUT2D eigenvalue weighted by Crippen LogP contribution is -2.04. The average molecular weight is 251 g/mol. The lowest BCUT2D eigenvalue weighted by atomic mass is 10.2. The van der Waals surface area contributed by atoms with Crippen LogP contribution in [0.25, 0.3) is 0 Å². The molecule has 0 saturated carbocycles. The zero-order chi connectivity index (χ0) is 13.2. The molecule has 0 radical (unpaired) electrons. The van der Waals surface area contributed by atoms with Crippen LogP contribution in [0.2, 0.25) is 0 Å². The van der Waals surface area contributed by atoms with E-state index in [1.807, 2.05) is 0 Å². The number of hydrogen-bond donors (Lipinski definition) is 1. The van der Waals surface area contributed by atoms with Crippen LogP contribution in [0.4, 0.5) is 0 Å². The maximum Gasteiger partial charge on any atom is 0.354 e. The predicted molar refractivity (Wildman–Crippen MR) is 69.6 cm³/mol. The zero-order valence-corrected chi connectivity index (χ0v) is 10.9. The molecule has 0 aromatic carbocycles. The van der Waals surface area contributed by atoms with Gasteiger partial charge in [-0.3, -0.25) is 0 Å². The van der Waals surface area contributed by atoms with Crippen molar-refractivity contribution in [3.05, 3.63) is 29.6 Å². The molecule has 0 amide bonds. The van der Waals surface area contributed by atoms with Crippen molar-refractivity contribution in [2.24, 2.45) is 0 Å². The van der Waals surface area contributed by atoms with Gasteiger partial charge in [-0.05, 0) is 18.6 Å².